The first kappa shape index (κ1) is 8.62. The Labute approximate surface area is 72.7 Å². The Bertz CT molecular complexity index is 173. The van der Waals surface area contributed by atoms with Crippen LogP contribution in [0.15, 0.2) is 0 Å². The zero-order chi connectivity index (χ0) is 8.43. The van der Waals surface area contributed by atoms with Gasteiger partial charge in [-0.15, -0.1) is 0 Å². The molecule has 4 nitrogen and oxygen atoms in total. The van der Waals surface area contributed by atoms with Gasteiger partial charge in [0, 0.05) is 0 Å². The molecule has 0 radical (unpaired) electrons. The van der Waals surface area contributed by atoms with E-state index in [-0.39, 0.29) is 0 Å². The molecule has 1 aliphatic carbocycles. The van der Waals surface area contributed by atoms with Gasteiger partial charge in [-0.05, 0) is 6.42 Å². The molecule has 62 valence electrons. The van der Waals surface area contributed by atoms with Gasteiger partial charge in [0.25, 0.3) is 0 Å². The lowest BCUT2D eigenvalue weighted by Crippen LogP contribution is -2.07. The Morgan fingerprint density at radius 2 is 1.45 bits per heavy atom. The van der Waals surface area contributed by atoms with E-state index in [1.54, 1.807) is 0 Å². The minimum Gasteiger partial charge on any atom is -0.347 e. The third kappa shape index (κ3) is 1.75. The molecule has 0 heterocycles. The van der Waals surface area contributed by atoms with Gasteiger partial charge in [0.15, 0.2) is 0 Å². The van der Waals surface area contributed by atoms with Gasteiger partial charge in [-0.2, -0.15) is 0 Å². The van der Waals surface area contributed by atoms with Crippen molar-refractivity contribution in [3.63, 3.8) is 0 Å². The second-order valence-electron chi connectivity index (χ2n) is 2.24. The van der Waals surface area contributed by atoms with Crippen LogP contribution in [0.2, 0.25) is 0 Å². The molecule has 1 saturated carbocycles. The summed E-state index contributed by atoms with van der Waals surface area (Å²) in [6.07, 6.45) is 0.400. The van der Waals surface area contributed by atoms with Crippen molar-refractivity contribution in [3.8, 4) is 0 Å². The van der Waals surface area contributed by atoms with Crippen molar-refractivity contribution in [1.29, 1.82) is 0 Å². The van der Waals surface area contributed by atoms with Gasteiger partial charge in [0.1, 0.15) is 23.7 Å². The van der Waals surface area contributed by atoms with E-state index in [0.29, 0.717) is 6.42 Å². The smallest absolute Gasteiger partial charge is 0.328 e. The van der Waals surface area contributed by atoms with Gasteiger partial charge in [0.05, 0.1) is 11.8 Å². The number of rotatable bonds is 2. The SMILES string of the molecule is O=C(OCl)C1CC1C(=O)OCl. The third-order valence-electron chi connectivity index (χ3n) is 1.55. The van der Waals surface area contributed by atoms with Crippen LogP contribution in [-0.4, -0.2) is 11.9 Å². The molecule has 0 spiro atoms. The van der Waals surface area contributed by atoms with Crippen LogP contribution in [0.25, 0.3) is 0 Å². The maximum atomic E-state index is 10.6. The molecular formula is C5H4Cl2O4. The van der Waals surface area contributed by atoms with Gasteiger partial charge >= 0.3 is 11.9 Å². The first-order chi connectivity index (χ1) is 5.20. The van der Waals surface area contributed by atoms with Crippen LogP contribution < -0.4 is 0 Å². The number of hydrogen-bond acceptors (Lipinski definition) is 4. The number of carbonyl (C=O) groups excluding carboxylic acids is 2. The van der Waals surface area contributed by atoms with Crippen molar-refractivity contribution in [1.82, 2.24) is 0 Å². The van der Waals surface area contributed by atoms with Crippen molar-refractivity contribution < 1.29 is 18.2 Å². The molecular weight excluding hydrogens is 195 g/mol. The molecule has 0 saturated heterocycles. The lowest BCUT2D eigenvalue weighted by atomic mass is 10.3. The molecule has 0 aromatic carbocycles. The van der Waals surface area contributed by atoms with E-state index in [1.807, 2.05) is 0 Å². The Morgan fingerprint density at radius 1 is 1.09 bits per heavy atom. The van der Waals surface area contributed by atoms with Gasteiger partial charge in [-0.3, -0.25) is 9.59 Å². The Balaban J connectivity index is 2.37. The van der Waals surface area contributed by atoms with E-state index < -0.39 is 23.8 Å². The third-order valence-corrected chi connectivity index (χ3v) is 1.85. The summed E-state index contributed by atoms with van der Waals surface area (Å²) in [4.78, 5) is 21.2. The first-order valence-electron chi connectivity index (χ1n) is 2.85. The van der Waals surface area contributed by atoms with Crippen LogP contribution >= 0.6 is 23.7 Å². The fourth-order valence-corrected chi connectivity index (χ4v) is 1.06. The molecule has 6 heteroatoms. The predicted molar refractivity (Wildman–Crippen MR) is 35.5 cm³/mol. The van der Waals surface area contributed by atoms with Crippen LogP contribution in [0.3, 0.4) is 0 Å². The average molecular weight is 199 g/mol. The van der Waals surface area contributed by atoms with Crippen molar-refractivity contribution in [3.05, 3.63) is 0 Å². The molecule has 0 amide bonds. The molecule has 0 N–H and O–H groups in total. The highest BCUT2D eigenvalue weighted by Crippen LogP contribution is 2.40. The van der Waals surface area contributed by atoms with E-state index in [1.165, 1.54) is 0 Å². The molecule has 1 aliphatic rings. The quantitative estimate of drug-likeness (QED) is 0.665. The van der Waals surface area contributed by atoms with E-state index in [9.17, 15) is 9.59 Å². The van der Waals surface area contributed by atoms with Crippen LogP contribution in [-0.2, 0) is 18.2 Å². The molecule has 0 aliphatic heterocycles. The molecule has 2 unspecified atom stereocenters. The maximum Gasteiger partial charge on any atom is 0.328 e. The highest BCUT2D eigenvalue weighted by molar-refractivity contribution is 6.15. The number of halogens is 2. The topological polar surface area (TPSA) is 52.6 Å². The van der Waals surface area contributed by atoms with E-state index in [2.05, 4.69) is 8.58 Å². The zero-order valence-corrected chi connectivity index (χ0v) is 6.76. The van der Waals surface area contributed by atoms with Crippen LogP contribution in [0.4, 0.5) is 0 Å². The van der Waals surface area contributed by atoms with Gasteiger partial charge < -0.3 is 8.58 Å². The van der Waals surface area contributed by atoms with Crippen molar-refractivity contribution in [2.24, 2.45) is 11.8 Å². The molecule has 0 bridgehead atoms. The standard InChI is InChI=1S/C5H4Cl2O4/c6-10-4(8)2-1-3(2)5(9)11-7/h2-3H,1H2. The fourth-order valence-electron chi connectivity index (χ4n) is 0.830. The van der Waals surface area contributed by atoms with Gasteiger partial charge in [-0.1, -0.05) is 0 Å². The average Bonchev–Trinajstić information content (AvgIpc) is 2.80. The number of carbonyl (C=O) groups is 2. The minimum absolute atomic E-state index is 0.400. The summed E-state index contributed by atoms with van der Waals surface area (Å²) >= 11 is 9.53. The Morgan fingerprint density at radius 3 is 1.73 bits per heavy atom. The summed E-state index contributed by atoms with van der Waals surface area (Å²) in [6.45, 7) is 0. The van der Waals surface area contributed by atoms with Crippen molar-refractivity contribution >= 4 is 35.7 Å². The van der Waals surface area contributed by atoms with Crippen LogP contribution in [0.5, 0.6) is 0 Å². The zero-order valence-electron chi connectivity index (χ0n) is 5.25. The van der Waals surface area contributed by atoms with Crippen LogP contribution in [0, 0.1) is 11.8 Å². The molecule has 1 rings (SSSR count). The molecule has 11 heavy (non-hydrogen) atoms. The van der Waals surface area contributed by atoms with Crippen molar-refractivity contribution in [2.75, 3.05) is 0 Å². The van der Waals surface area contributed by atoms with E-state index in [4.69, 9.17) is 23.7 Å². The summed E-state index contributed by atoms with van der Waals surface area (Å²) in [6, 6.07) is 0. The first-order valence-corrected chi connectivity index (χ1v) is 3.47. The highest BCUT2D eigenvalue weighted by Gasteiger charge is 2.50. The maximum absolute atomic E-state index is 10.6. The number of hydrogen-bond donors (Lipinski definition) is 0. The second-order valence-corrected chi connectivity index (χ2v) is 2.55. The van der Waals surface area contributed by atoms with Crippen molar-refractivity contribution in [2.45, 2.75) is 6.42 Å². The summed E-state index contributed by atoms with van der Waals surface area (Å²) in [5.74, 6) is -2.17. The van der Waals surface area contributed by atoms with Crippen LogP contribution in [0.1, 0.15) is 6.42 Å². The predicted octanol–water partition coefficient (Wildman–Crippen LogP) is 1.02. The molecule has 1 fully saturated rings. The summed E-state index contributed by atoms with van der Waals surface area (Å²) in [7, 11) is 0. The lowest BCUT2D eigenvalue weighted by molar-refractivity contribution is -0.141. The summed E-state index contributed by atoms with van der Waals surface area (Å²) in [5.41, 5.74) is 0. The Hall–Kier alpha value is -0.480. The van der Waals surface area contributed by atoms with Gasteiger partial charge in [0.2, 0.25) is 0 Å². The fraction of sp³-hybridized carbons (Fsp3) is 0.600. The van der Waals surface area contributed by atoms with E-state index in [0.717, 1.165) is 0 Å². The largest absolute Gasteiger partial charge is 0.347 e. The van der Waals surface area contributed by atoms with Gasteiger partial charge in [-0.25, -0.2) is 0 Å². The monoisotopic (exact) mass is 198 g/mol. The summed E-state index contributed by atoms with van der Waals surface area (Å²) < 4.78 is 7.76. The molecule has 0 aromatic heterocycles. The molecule has 0 aromatic rings. The van der Waals surface area contributed by atoms with E-state index >= 15 is 0 Å². The normalized spacial score (nSPS) is 27.5. The Kier molecular flexibility index (Phi) is 2.57. The lowest BCUT2D eigenvalue weighted by Gasteiger charge is -1.91. The summed E-state index contributed by atoms with van der Waals surface area (Å²) in [5, 5.41) is 0. The highest BCUT2D eigenvalue weighted by atomic mass is 35.5. The molecule has 2 atom stereocenters. The second kappa shape index (κ2) is 3.28. The minimum atomic E-state index is -0.612.